The lowest BCUT2D eigenvalue weighted by atomic mass is 9.95. The Morgan fingerprint density at radius 1 is 1.16 bits per heavy atom. The van der Waals surface area contributed by atoms with Gasteiger partial charge in [-0.1, -0.05) is 11.3 Å². The number of halogens is 3. The smallest absolute Gasteiger partial charge is 0.389 e. The summed E-state index contributed by atoms with van der Waals surface area (Å²) in [6.45, 7) is 2.45. The minimum Gasteiger partial charge on any atom is -0.389 e. The zero-order valence-electron chi connectivity index (χ0n) is 13.6. The van der Waals surface area contributed by atoms with Crippen molar-refractivity contribution in [1.82, 2.24) is 9.88 Å². The number of hydrogen-bond acceptors (Lipinski definition) is 7. The zero-order chi connectivity index (χ0) is 18.2. The van der Waals surface area contributed by atoms with E-state index in [2.05, 4.69) is 4.98 Å². The molecular formula is C15H22F3N3O3S. The third-order valence-corrected chi connectivity index (χ3v) is 5.86. The van der Waals surface area contributed by atoms with Gasteiger partial charge >= 0.3 is 6.18 Å². The van der Waals surface area contributed by atoms with Gasteiger partial charge in [-0.2, -0.15) is 13.2 Å². The molecule has 3 N–H and O–H groups in total. The molecule has 0 bridgehead atoms. The van der Waals surface area contributed by atoms with Crippen LogP contribution < -0.4 is 4.90 Å². The molecule has 1 aromatic rings. The predicted octanol–water partition coefficient (Wildman–Crippen LogP) is 0.777. The van der Waals surface area contributed by atoms with Crippen LogP contribution >= 0.6 is 11.3 Å². The fourth-order valence-corrected chi connectivity index (χ4v) is 4.34. The van der Waals surface area contributed by atoms with Crippen molar-refractivity contribution >= 4 is 16.5 Å². The summed E-state index contributed by atoms with van der Waals surface area (Å²) in [5.41, 5.74) is 0. The number of hydrogen-bond donors (Lipinski definition) is 3. The number of anilines is 1. The van der Waals surface area contributed by atoms with E-state index in [1.807, 2.05) is 9.80 Å². The van der Waals surface area contributed by atoms with Crippen LogP contribution in [-0.4, -0.2) is 76.2 Å². The minimum absolute atomic E-state index is 0.210. The number of nitrogens with zero attached hydrogens (tertiary/aromatic N) is 3. The van der Waals surface area contributed by atoms with Crippen molar-refractivity contribution in [2.24, 2.45) is 5.92 Å². The molecule has 3 rings (SSSR count). The molecule has 4 atom stereocenters. The van der Waals surface area contributed by atoms with Crippen LogP contribution in [0.25, 0.3) is 0 Å². The lowest BCUT2D eigenvalue weighted by molar-refractivity contribution is -0.134. The normalized spacial score (nSPS) is 32.2. The molecule has 2 fully saturated rings. The summed E-state index contributed by atoms with van der Waals surface area (Å²) in [6, 6.07) is 0. The number of rotatable bonds is 3. The monoisotopic (exact) mass is 381 g/mol. The molecule has 3 heterocycles. The van der Waals surface area contributed by atoms with Gasteiger partial charge in [0.2, 0.25) is 0 Å². The summed E-state index contributed by atoms with van der Waals surface area (Å²) in [5.74, 6) is 0.210. The Morgan fingerprint density at radius 2 is 1.84 bits per heavy atom. The van der Waals surface area contributed by atoms with Crippen LogP contribution in [0.2, 0.25) is 0 Å². The van der Waals surface area contributed by atoms with E-state index in [4.69, 9.17) is 0 Å². The third kappa shape index (κ3) is 4.43. The lowest BCUT2D eigenvalue weighted by Gasteiger charge is -2.40. The van der Waals surface area contributed by atoms with Crippen LogP contribution in [0.15, 0.2) is 6.20 Å². The number of alkyl halides is 3. The maximum absolute atomic E-state index is 12.7. The first-order chi connectivity index (χ1) is 11.7. The maximum Gasteiger partial charge on any atom is 0.427 e. The van der Waals surface area contributed by atoms with Crippen LogP contribution in [0, 0.1) is 5.92 Å². The molecule has 6 nitrogen and oxygen atoms in total. The van der Waals surface area contributed by atoms with E-state index in [-0.39, 0.29) is 19.0 Å². The summed E-state index contributed by atoms with van der Waals surface area (Å²) in [5, 5.41) is 29.5. The minimum atomic E-state index is -4.37. The molecule has 2 aliphatic rings. The standard InChI is InChI=1S/C15H22F3N3O3S/c16-15(17,18)12-4-19-14(25-12)21-3-1-2-9(6-21)5-20-7-10(22)13(24)11(23)8-20/h4,9-11,13,22-24H,1-3,5-8H2/t9-,10-,11+,13?/m1/s1. The van der Waals surface area contributed by atoms with E-state index < -0.39 is 29.4 Å². The molecule has 2 saturated heterocycles. The summed E-state index contributed by atoms with van der Waals surface area (Å²) in [7, 11) is 0. The van der Waals surface area contributed by atoms with Gasteiger partial charge in [0.1, 0.15) is 11.0 Å². The third-order valence-electron chi connectivity index (χ3n) is 4.76. The van der Waals surface area contributed by atoms with Crippen LogP contribution in [0.3, 0.4) is 0 Å². The van der Waals surface area contributed by atoms with Crippen LogP contribution in [0.4, 0.5) is 18.3 Å². The summed E-state index contributed by atoms with van der Waals surface area (Å²) in [4.78, 5) is 7.00. The Hall–Kier alpha value is -0.940. The summed E-state index contributed by atoms with van der Waals surface area (Å²) >= 11 is 0.659. The van der Waals surface area contributed by atoms with E-state index in [1.165, 1.54) is 0 Å². The maximum atomic E-state index is 12.7. The Kier molecular flexibility index (Phi) is 5.54. The van der Waals surface area contributed by atoms with Crippen molar-refractivity contribution in [1.29, 1.82) is 0 Å². The van der Waals surface area contributed by atoms with Crippen molar-refractivity contribution in [3.8, 4) is 0 Å². The Labute approximate surface area is 147 Å². The van der Waals surface area contributed by atoms with Crippen molar-refractivity contribution < 1.29 is 28.5 Å². The van der Waals surface area contributed by atoms with Gasteiger partial charge in [0.05, 0.1) is 18.4 Å². The number of likely N-dealkylation sites (tertiary alicyclic amines) is 1. The van der Waals surface area contributed by atoms with Crippen molar-refractivity contribution in [2.75, 3.05) is 37.6 Å². The molecule has 1 unspecified atom stereocenters. The van der Waals surface area contributed by atoms with E-state index in [0.717, 1.165) is 19.0 Å². The van der Waals surface area contributed by atoms with Gasteiger partial charge in [0, 0.05) is 32.7 Å². The zero-order valence-corrected chi connectivity index (χ0v) is 14.4. The van der Waals surface area contributed by atoms with Crippen molar-refractivity contribution in [2.45, 2.75) is 37.3 Å². The molecule has 0 aliphatic carbocycles. The highest BCUT2D eigenvalue weighted by molar-refractivity contribution is 7.15. The van der Waals surface area contributed by atoms with E-state index in [1.54, 1.807) is 0 Å². The summed E-state index contributed by atoms with van der Waals surface area (Å²) < 4.78 is 38.2. The van der Waals surface area contributed by atoms with Gasteiger partial charge in [0.15, 0.2) is 5.13 Å². The van der Waals surface area contributed by atoms with Crippen LogP contribution in [-0.2, 0) is 6.18 Å². The molecule has 10 heteroatoms. The quantitative estimate of drug-likeness (QED) is 0.718. The fourth-order valence-electron chi connectivity index (χ4n) is 3.52. The Bertz CT molecular complexity index is 574. The molecule has 0 saturated carbocycles. The van der Waals surface area contributed by atoms with E-state index in [0.29, 0.717) is 36.1 Å². The number of thiazole rings is 1. The first kappa shape index (κ1) is 18.8. The number of aliphatic hydroxyl groups is 3. The highest BCUT2D eigenvalue weighted by atomic mass is 32.1. The molecule has 0 radical (unpaired) electrons. The van der Waals surface area contributed by atoms with Gasteiger partial charge < -0.3 is 20.2 Å². The number of aromatic nitrogens is 1. The second-order valence-electron chi connectivity index (χ2n) is 6.80. The predicted molar refractivity (Wildman–Crippen MR) is 86.5 cm³/mol. The van der Waals surface area contributed by atoms with Gasteiger partial charge in [-0.15, -0.1) is 0 Å². The highest BCUT2D eigenvalue weighted by Gasteiger charge is 2.36. The first-order valence-corrected chi connectivity index (χ1v) is 9.10. The molecule has 0 aromatic carbocycles. The van der Waals surface area contributed by atoms with Crippen LogP contribution in [0.5, 0.6) is 0 Å². The van der Waals surface area contributed by atoms with E-state index in [9.17, 15) is 28.5 Å². The molecule has 25 heavy (non-hydrogen) atoms. The summed E-state index contributed by atoms with van der Waals surface area (Å²) in [6.07, 6.45) is -4.82. The Morgan fingerprint density at radius 3 is 2.44 bits per heavy atom. The van der Waals surface area contributed by atoms with Crippen molar-refractivity contribution in [3.05, 3.63) is 11.1 Å². The first-order valence-electron chi connectivity index (χ1n) is 8.28. The molecular weight excluding hydrogens is 359 g/mol. The molecule has 1 aromatic heterocycles. The topological polar surface area (TPSA) is 80.1 Å². The molecule has 2 aliphatic heterocycles. The lowest BCUT2D eigenvalue weighted by Crippen LogP contribution is -2.56. The average molecular weight is 381 g/mol. The molecule has 0 amide bonds. The van der Waals surface area contributed by atoms with Crippen LogP contribution in [0.1, 0.15) is 17.7 Å². The second kappa shape index (κ2) is 7.36. The van der Waals surface area contributed by atoms with E-state index >= 15 is 0 Å². The average Bonchev–Trinajstić information content (AvgIpc) is 3.03. The van der Waals surface area contributed by atoms with Gasteiger partial charge in [-0.05, 0) is 18.8 Å². The highest BCUT2D eigenvalue weighted by Crippen LogP contribution is 2.37. The van der Waals surface area contributed by atoms with Gasteiger partial charge in [-0.3, -0.25) is 4.90 Å². The van der Waals surface area contributed by atoms with Gasteiger partial charge in [0.25, 0.3) is 0 Å². The molecule has 142 valence electrons. The Balaban J connectivity index is 1.59. The SMILES string of the molecule is OC1[C@H](O)CN(C[C@H]2CCCN(c3ncc(C(F)(F)F)s3)C2)C[C@@H]1O. The number of aliphatic hydroxyl groups excluding tert-OH is 3. The fraction of sp³-hybridized carbons (Fsp3) is 0.800. The number of piperidine rings is 2. The van der Waals surface area contributed by atoms with Crippen molar-refractivity contribution in [3.63, 3.8) is 0 Å². The number of β-amino-alcohol motifs (C(OH)–C–C–N with tert-alkyl or cyclic N) is 2. The molecule has 0 spiro atoms. The second-order valence-corrected chi connectivity index (χ2v) is 7.81. The van der Waals surface area contributed by atoms with Gasteiger partial charge in [-0.25, -0.2) is 4.98 Å². The largest absolute Gasteiger partial charge is 0.427 e.